The Kier molecular flexibility index (Phi) is 2.44. The molecule has 0 aliphatic carbocycles. The zero-order chi connectivity index (χ0) is 10.1. The molecule has 0 unspecified atom stereocenters. The summed E-state index contributed by atoms with van der Waals surface area (Å²) in [6.07, 6.45) is 0. The number of rotatable bonds is 1. The highest BCUT2D eigenvalue weighted by atomic mass is 79.9. The molecule has 2 nitrogen and oxygen atoms in total. The second-order valence-electron chi connectivity index (χ2n) is 3.18. The molecule has 72 valence electrons. The minimum absolute atomic E-state index is 0.266. The smallest absolute Gasteiger partial charge is 0.120 e. The fourth-order valence-electron chi connectivity index (χ4n) is 1.47. The number of hydrogen-bond donors (Lipinski definition) is 2. The molecular formula is C11H10BrNO. The maximum atomic E-state index is 9.59. The molecule has 0 bridgehead atoms. The minimum atomic E-state index is 0.266. The predicted octanol–water partition coefficient (Wildman–Crippen LogP) is 2.77. The fraction of sp³-hybridized carbons (Fsp3) is 0.0909. The molecule has 2 aromatic rings. The van der Waals surface area contributed by atoms with Gasteiger partial charge in [-0.2, -0.15) is 0 Å². The Labute approximate surface area is 90.5 Å². The van der Waals surface area contributed by atoms with Crippen molar-refractivity contribution in [2.75, 3.05) is 0 Å². The van der Waals surface area contributed by atoms with Crippen LogP contribution in [0.1, 0.15) is 5.56 Å². The first-order valence-electron chi connectivity index (χ1n) is 4.32. The SMILES string of the molecule is NCc1cc2cc(Br)ccc2cc1O. The van der Waals surface area contributed by atoms with Crippen molar-refractivity contribution < 1.29 is 5.11 Å². The summed E-state index contributed by atoms with van der Waals surface area (Å²) in [6, 6.07) is 9.57. The summed E-state index contributed by atoms with van der Waals surface area (Å²) < 4.78 is 1.03. The van der Waals surface area contributed by atoms with E-state index >= 15 is 0 Å². The van der Waals surface area contributed by atoms with Gasteiger partial charge in [-0.25, -0.2) is 0 Å². The van der Waals surface area contributed by atoms with Crippen LogP contribution in [0.3, 0.4) is 0 Å². The summed E-state index contributed by atoms with van der Waals surface area (Å²) in [5.74, 6) is 0.266. The predicted molar refractivity (Wildman–Crippen MR) is 61.2 cm³/mol. The number of phenols is 1. The first-order chi connectivity index (χ1) is 6.70. The molecule has 0 saturated carbocycles. The number of nitrogens with two attached hydrogens (primary N) is 1. The number of hydrogen-bond acceptors (Lipinski definition) is 2. The minimum Gasteiger partial charge on any atom is -0.508 e. The highest BCUT2D eigenvalue weighted by Gasteiger charge is 2.02. The number of benzene rings is 2. The Bertz CT molecular complexity index is 482. The van der Waals surface area contributed by atoms with Crippen LogP contribution in [-0.4, -0.2) is 5.11 Å². The molecule has 0 atom stereocenters. The molecule has 0 radical (unpaired) electrons. The fourth-order valence-corrected chi connectivity index (χ4v) is 1.85. The zero-order valence-electron chi connectivity index (χ0n) is 7.50. The van der Waals surface area contributed by atoms with Gasteiger partial charge in [-0.05, 0) is 35.0 Å². The lowest BCUT2D eigenvalue weighted by molar-refractivity contribution is 0.469. The summed E-state index contributed by atoms with van der Waals surface area (Å²) >= 11 is 3.40. The van der Waals surface area contributed by atoms with Gasteiger partial charge < -0.3 is 10.8 Å². The van der Waals surface area contributed by atoms with Crippen LogP contribution in [0.5, 0.6) is 5.75 Å². The van der Waals surface area contributed by atoms with Gasteiger partial charge in [0.25, 0.3) is 0 Å². The monoisotopic (exact) mass is 251 g/mol. The molecular weight excluding hydrogens is 242 g/mol. The number of fused-ring (bicyclic) bond motifs is 1. The molecule has 0 aliphatic rings. The Morgan fingerprint density at radius 2 is 1.93 bits per heavy atom. The van der Waals surface area contributed by atoms with E-state index in [-0.39, 0.29) is 5.75 Å². The van der Waals surface area contributed by atoms with Crippen molar-refractivity contribution in [2.45, 2.75) is 6.54 Å². The lowest BCUT2D eigenvalue weighted by Crippen LogP contribution is -1.96. The van der Waals surface area contributed by atoms with Crippen molar-refractivity contribution in [2.24, 2.45) is 5.73 Å². The molecule has 0 amide bonds. The average molecular weight is 252 g/mol. The normalized spacial score (nSPS) is 10.7. The van der Waals surface area contributed by atoms with Crippen LogP contribution in [0.15, 0.2) is 34.8 Å². The van der Waals surface area contributed by atoms with E-state index in [1.807, 2.05) is 24.3 Å². The topological polar surface area (TPSA) is 46.2 Å². The Morgan fingerprint density at radius 3 is 2.64 bits per heavy atom. The third kappa shape index (κ3) is 1.61. The Hall–Kier alpha value is -1.06. The molecule has 0 saturated heterocycles. The van der Waals surface area contributed by atoms with Gasteiger partial charge in [0.15, 0.2) is 0 Å². The second kappa shape index (κ2) is 3.59. The molecule has 0 fully saturated rings. The van der Waals surface area contributed by atoms with E-state index in [1.165, 1.54) is 0 Å². The van der Waals surface area contributed by atoms with Crippen molar-refractivity contribution in [3.05, 3.63) is 40.4 Å². The van der Waals surface area contributed by atoms with E-state index in [1.54, 1.807) is 6.07 Å². The van der Waals surface area contributed by atoms with Crippen LogP contribution in [-0.2, 0) is 6.54 Å². The van der Waals surface area contributed by atoms with E-state index in [2.05, 4.69) is 15.9 Å². The first kappa shape index (κ1) is 9.49. The highest BCUT2D eigenvalue weighted by Crippen LogP contribution is 2.26. The van der Waals surface area contributed by atoms with Gasteiger partial charge in [0.1, 0.15) is 5.75 Å². The highest BCUT2D eigenvalue weighted by molar-refractivity contribution is 9.10. The maximum absolute atomic E-state index is 9.59. The number of halogens is 1. The second-order valence-corrected chi connectivity index (χ2v) is 4.09. The van der Waals surface area contributed by atoms with Crippen LogP contribution >= 0.6 is 15.9 Å². The van der Waals surface area contributed by atoms with Crippen LogP contribution in [0, 0.1) is 0 Å². The Morgan fingerprint density at radius 1 is 1.14 bits per heavy atom. The van der Waals surface area contributed by atoms with Crippen LogP contribution in [0.2, 0.25) is 0 Å². The molecule has 0 aliphatic heterocycles. The van der Waals surface area contributed by atoms with Gasteiger partial charge in [-0.15, -0.1) is 0 Å². The van der Waals surface area contributed by atoms with Crippen molar-refractivity contribution in [1.29, 1.82) is 0 Å². The number of phenolic OH excluding ortho intramolecular Hbond substituents is 1. The summed E-state index contributed by atoms with van der Waals surface area (Å²) in [7, 11) is 0. The van der Waals surface area contributed by atoms with Crippen molar-refractivity contribution in [1.82, 2.24) is 0 Å². The third-order valence-electron chi connectivity index (χ3n) is 2.22. The van der Waals surface area contributed by atoms with E-state index in [9.17, 15) is 5.11 Å². The third-order valence-corrected chi connectivity index (χ3v) is 2.71. The van der Waals surface area contributed by atoms with Gasteiger partial charge in [-0.3, -0.25) is 0 Å². The van der Waals surface area contributed by atoms with Crippen molar-refractivity contribution in [3.8, 4) is 5.75 Å². The first-order valence-corrected chi connectivity index (χ1v) is 5.11. The summed E-state index contributed by atoms with van der Waals surface area (Å²) in [6.45, 7) is 0.355. The molecule has 3 N–H and O–H groups in total. The molecule has 0 aromatic heterocycles. The molecule has 2 aromatic carbocycles. The summed E-state index contributed by atoms with van der Waals surface area (Å²) in [5.41, 5.74) is 6.28. The van der Waals surface area contributed by atoms with Gasteiger partial charge >= 0.3 is 0 Å². The zero-order valence-corrected chi connectivity index (χ0v) is 9.08. The van der Waals surface area contributed by atoms with E-state index in [4.69, 9.17) is 5.73 Å². The van der Waals surface area contributed by atoms with Gasteiger partial charge in [0.05, 0.1) is 0 Å². The Balaban J connectivity index is 2.73. The average Bonchev–Trinajstić information content (AvgIpc) is 2.17. The van der Waals surface area contributed by atoms with Crippen LogP contribution in [0.4, 0.5) is 0 Å². The lowest BCUT2D eigenvalue weighted by atomic mass is 10.1. The standard InChI is InChI=1S/C11H10BrNO/c12-10-2-1-7-5-11(14)9(6-13)3-8(7)4-10/h1-5,14H,6,13H2. The van der Waals surface area contributed by atoms with Crippen LogP contribution in [0.25, 0.3) is 10.8 Å². The summed E-state index contributed by atoms with van der Waals surface area (Å²) in [4.78, 5) is 0. The quantitative estimate of drug-likeness (QED) is 0.819. The molecule has 14 heavy (non-hydrogen) atoms. The van der Waals surface area contributed by atoms with Crippen molar-refractivity contribution >= 4 is 26.7 Å². The number of aromatic hydroxyl groups is 1. The molecule has 2 rings (SSSR count). The molecule has 3 heteroatoms. The largest absolute Gasteiger partial charge is 0.508 e. The van der Waals surface area contributed by atoms with Crippen molar-refractivity contribution in [3.63, 3.8) is 0 Å². The lowest BCUT2D eigenvalue weighted by Gasteiger charge is -2.04. The van der Waals surface area contributed by atoms with E-state index in [0.29, 0.717) is 6.54 Å². The van der Waals surface area contributed by atoms with Gasteiger partial charge in [-0.1, -0.05) is 22.0 Å². The summed E-state index contributed by atoms with van der Waals surface area (Å²) in [5, 5.41) is 11.7. The van der Waals surface area contributed by atoms with Gasteiger partial charge in [0.2, 0.25) is 0 Å². The van der Waals surface area contributed by atoms with Gasteiger partial charge in [0, 0.05) is 16.6 Å². The van der Waals surface area contributed by atoms with E-state index < -0.39 is 0 Å². The maximum Gasteiger partial charge on any atom is 0.120 e. The molecule has 0 spiro atoms. The van der Waals surface area contributed by atoms with E-state index in [0.717, 1.165) is 20.8 Å². The molecule has 0 heterocycles. The van der Waals surface area contributed by atoms with Crippen LogP contribution < -0.4 is 5.73 Å².